The second-order valence-corrected chi connectivity index (χ2v) is 5.83. The molecular weight excluding hydrogens is 262 g/mol. The smallest absolute Gasteiger partial charge is 0.254 e. The normalized spacial score (nSPS) is 20.6. The first kappa shape index (κ1) is 14.4. The van der Waals surface area contributed by atoms with Gasteiger partial charge >= 0.3 is 0 Å². The monoisotopic (exact) mass is 281 g/mol. The Hall–Kier alpha value is -1.06. The Kier molecular flexibility index (Phi) is 4.48. The molecule has 0 bridgehead atoms. The van der Waals surface area contributed by atoms with E-state index in [2.05, 4.69) is 0 Å². The number of rotatable bonds is 3. The quantitative estimate of drug-likeness (QED) is 0.925. The van der Waals surface area contributed by atoms with E-state index < -0.39 is 0 Å². The lowest BCUT2D eigenvalue weighted by Crippen LogP contribution is -2.37. The summed E-state index contributed by atoms with van der Waals surface area (Å²) in [6, 6.07) is 5.57. The topological polar surface area (TPSA) is 40.5 Å². The standard InChI is InChI=1S/C15H20ClNO2/c1-10-6-12(9-13(16)7-10)15(19)17-5-3-4-14(17)8-11(2)18/h6-7,9,11,14,18H,3-5,8H2,1-2H3/t11-,14-/m0/s1. The third kappa shape index (κ3) is 3.48. The third-order valence-corrected chi connectivity index (χ3v) is 3.76. The molecule has 1 N–H and O–H groups in total. The van der Waals surface area contributed by atoms with E-state index in [1.807, 2.05) is 24.0 Å². The van der Waals surface area contributed by atoms with Gasteiger partial charge in [0.2, 0.25) is 0 Å². The van der Waals surface area contributed by atoms with E-state index in [0.717, 1.165) is 24.9 Å². The number of benzene rings is 1. The van der Waals surface area contributed by atoms with E-state index in [1.165, 1.54) is 0 Å². The van der Waals surface area contributed by atoms with Crippen LogP contribution in [0.3, 0.4) is 0 Å². The number of amides is 1. The average molecular weight is 282 g/mol. The van der Waals surface area contributed by atoms with Crippen molar-refractivity contribution in [3.63, 3.8) is 0 Å². The Morgan fingerprint density at radius 1 is 1.53 bits per heavy atom. The van der Waals surface area contributed by atoms with E-state index in [0.29, 0.717) is 17.0 Å². The minimum Gasteiger partial charge on any atom is -0.393 e. The Morgan fingerprint density at radius 3 is 2.89 bits per heavy atom. The van der Waals surface area contributed by atoms with Crippen LogP contribution in [0, 0.1) is 6.92 Å². The summed E-state index contributed by atoms with van der Waals surface area (Å²) in [5.74, 6) is 0.0220. The summed E-state index contributed by atoms with van der Waals surface area (Å²) in [7, 11) is 0. The molecule has 1 amide bonds. The number of hydrogen-bond donors (Lipinski definition) is 1. The first-order chi connectivity index (χ1) is 8.97. The summed E-state index contributed by atoms with van der Waals surface area (Å²) in [6.45, 7) is 4.46. The molecular formula is C15H20ClNO2. The summed E-state index contributed by atoms with van der Waals surface area (Å²) >= 11 is 6.01. The fourth-order valence-corrected chi connectivity index (χ4v) is 3.06. The van der Waals surface area contributed by atoms with Gasteiger partial charge < -0.3 is 10.0 Å². The van der Waals surface area contributed by atoms with E-state index in [9.17, 15) is 9.90 Å². The molecule has 0 aliphatic carbocycles. The van der Waals surface area contributed by atoms with Crippen LogP contribution in [0.1, 0.15) is 42.1 Å². The highest BCUT2D eigenvalue weighted by Gasteiger charge is 2.30. The molecule has 1 fully saturated rings. The Morgan fingerprint density at radius 2 is 2.26 bits per heavy atom. The number of aliphatic hydroxyl groups excluding tert-OH is 1. The minimum absolute atomic E-state index is 0.0220. The summed E-state index contributed by atoms with van der Waals surface area (Å²) in [5.41, 5.74) is 1.63. The highest BCUT2D eigenvalue weighted by atomic mass is 35.5. The lowest BCUT2D eigenvalue weighted by molar-refractivity contribution is 0.0682. The second kappa shape index (κ2) is 5.93. The Balaban J connectivity index is 2.18. The molecule has 0 aromatic heterocycles. The molecule has 1 aliphatic heterocycles. The maximum atomic E-state index is 12.5. The highest BCUT2D eigenvalue weighted by Crippen LogP contribution is 2.25. The third-order valence-electron chi connectivity index (χ3n) is 3.54. The van der Waals surface area contributed by atoms with Gasteiger partial charge in [-0.05, 0) is 56.9 Å². The van der Waals surface area contributed by atoms with Crippen LogP contribution < -0.4 is 0 Å². The van der Waals surface area contributed by atoms with Gasteiger partial charge in [-0.2, -0.15) is 0 Å². The van der Waals surface area contributed by atoms with Crippen LogP contribution in [0.25, 0.3) is 0 Å². The molecule has 1 aliphatic rings. The fourth-order valence-electron chi connectivity index (χ4n) is 2.77. The van der Waals surface area contributed by atoms with Gasteiger partial charge in [-0.1, -0.05) is 11.6 Å². The number of carbonyl (C=O) groups is 1. The maximum absolute atomic E-state index is 12.5. The molecule has 2 rings (SSSR count). The van der Waals surface area contributed by atoms with Gasteiger partial charge in [0.25, 0.3) is 5.91 Å². The molecule has 1 saturated heterocycles. The van der Waals surface area contributed by atoms with Crippen LogP contribution in [0.15, 0.2) is 18.2 Å². The van der Waals surface area contributed by atoms with Crippen LogP contribution >= 0.6 is 11.6 Å². The average Bonchev–Trinajstić information content (AvgIpc) is 2.73. The van der Waals surface area contributed by atoms with Crippen molar-refractivity contribution in [3.05, 3.63) is 34.3 Å². The van der Waals surface area contributed by atoms with E-state index >= 15 is 0 Å². The predicted octanol–water partition coefficient (Wildman–Crippen LogP) is 3.02. The first-order valence-electron chi connectivity index (χ1n) is 6.73. The van der Waals surface area contributed by atoms with Crippen molar-refractivity contribution < 1.29 is 9.90 Å². The zero-order valence-electron chi connectivity index (χ0n) is 11.4. The van der Waals surface area contributed by atoms with E-state index in [4.69, 9.17) is 11.6 Å². The Bertz CT molecular complexity index is 453. The predicted molar refractivity (Wildman–Crippen MR) is 76.5 cm³/mol. The summed E-state index contributed by atoms with van der Waals surface area (Å²) in [6.07, 6.45) is 2.24. The molecule has 0 radical (unpaired) electrons. The van der Waals surface area contributed by atoms with Crippen LogP contribution in [-0.2, 0) is 0 Å². The van der Waals surface area contributed by atoms with Gasteiger partial charge in [-0.15, -0.1) is 0 Å². The first-order valence-corrected chi connectivity index (χ1v) is 7.11. The van der Waals surface area contributed by atoms with Gasteiger partial charge in [-0.25, -0.2) is 0 Å². The minimum atomic E-state index is -0.375. The van der Waals surface area contributed by atoms with Crippen molar-refractivity contribution in [2.75, 3.05) is 6.54 Å². The maximum Gasteiger partial charge on any atom is 0.254 e. The van der Waals surface area contributed by atoms with Crippen LogP contribution in [0.5, 0.6) is 0 Å². The summed E-state index contributed by atoms with van der Waals surface area (Å²) in [5, 5.41) is 10.1. The van der Waals surface area contributed by atoms with Gasteiger partial charge in [0, 0.05) is 23.2 Å². The van der Waals surface area contributed by atoms with Gasteiger partial charge in [0.15, 0.2) is 0 Å². The number of likely N-dealkylation sites (tertiary alicyclic amines) is 1. The largest absolute Gasteiger partial charge is 0.393 e. The number of aliphatic hydroxyl groups is 1. The highest BCUT2D eigenvalue weighted by molar-refractivity contribution is 6.31. The van der Waals surface area contributed by atoms with Crippen molar-refractivity contribution in [1.82, 2.24) is 4.90 Å². The van der Waals surface area contributed by atoms with Gasteiger partial charge in [0.05, 0.1) is 6.10 Å². The summed E-state index contributed by atoms with van der Waals surface area (Å²) < 4.78 is 0. The van der Waals surface area contributed by atoms with Crippen LogP contribution in [-0.4, -0.2) is 34.6 Å². The molecule has 1 heterocycles. The van der Waals surface area contributed by atoms with Crippen molar-refractivity contribution in [3.8, 4) is 0 Å². The van der Waals surface area contributed by atoms with Crippen molar-refractivity contribution in [2.24, 2.45) is 0 Å². The number of halogens is 1. The Labute approximate surface area is 119 Å². The molecule has 0 spiro atoms. The van der Waals surface area contributed by atoms with Crippen LogP contribution in [0.2, 0.25) is 5.02 Å². The van der Waals surface area contributed by atoms with Gasteiger partial charge in [-0.3, -0.25) is 4.79 Å². The van der Waals surface area contributed by atoms with Crippen molar-refractivity contribution >= 4 is 17.5 Å². The number of carbonyl (C=O) groups excluding carboxylic acids is 1. The molecule has 104 valence electrons. The van der Waals surface area contributed by atoms with Gasteiger partial charge in [0.1, 0.15) is 0 Å². The van der Waals surface area contributed by atoms with Crippen molar-refractivity contribution in [1.29, 1.82) is 0 Å². The number of aryl methyl sites for hydroxylation is 1. The zero-order valence-corrected chi connectivity index (χ0v) is 12.2. The lowest BCUT2D eigenvalue weighted by Gasteiger charge is -2.26. The second-order valence-electron chi connectivity index (χ2n) is 5.40. The van der Waals surface area contributed by atoms with E-state index in [1.54, 1.807) is 13.0 Å². The summed E-state index contributed by atoms with van der Waals surface area (Å²) in [4.78, 5) is 14.4. The lowest BCUT2D eigenvalue weighted by atomic mass is 10.1. The molecule has 3 nitrogen and oxygen atoms in total. The van der Waals surface area contributed by atoms with Crippen LogP contribution in [0.4, 0.5) is 0 Å². The molecule has 2 atom stereocenters. The molecule has 4 heteroatoms. The van der Waals surface area contributed by atoms with Crippen molar-refractivity contribution in [2.45, 2.75) is 45.3 Å². The molecule has 19 heavy (non-hydrogen) atoms. The fraction of sp³-hybridized carbons (Fsp3) is 0.533. The molecule has 0 saturated carbocycles. The number of nitrogens with zero attached hydrogens (tertiary/aromatic N) is 1. The zero-order chi connectivity index (χ0) is 14.0. The number of hydrogen-bond acceptors (Lipinski definition) is 2. The molecule has 1 aromatic rings. The SMILES string of the molecule is Cc1cc(Cl)cc(C(=O)N2CCC[C@H]2C[C@H](C)O)c1. The van der Waals surface area contributed by atoms with E-state index in [-0.39, 0.29) is 18.1 Å². The molecule has 0 unspecified atom stereocenters. The molecule has 1 aromatic carbocycles.